The Hall–Kier alpha value is 0.440. The van der Waals surface area contributed by atoms with Crippen molar-refractivity contribution in [3.05, 3.63) is 0 Å². The molecule has 0 amide bonds. The Balaban J connectivity index is 3.98. The molecule has 0 bridgehead atoms. The van der Waals surface area contributed by atoms with Crippen molar-refractivity contribution >= 4 is 15.9 Å². The topological polar surface area (TPSA) is 9.23 Å². The van der Waals surface area contributed by atoms with E-state index >= 15 is 0 Å². The highest BCUT2D eigenvalue weighted by Gasteiger charge is 2.27. The van der Waals surface area contributed by atoms with Crippen LogP contribution in [-0.2, 0) is 4.74 Å². The fourth-order valence-electron chi connectivity index (χ4n) is 2.11. The van der Waals surface area contributed by atoms with Gasteiger partial charge in [-0.05, 0) is 25.2 Å². The van der Waals surface area contributed by atoms with Crippen LogP contribution in [-0.4, -0.2) is 18.5 Å². The first-order chi connectivity index (χ1) is 7.60. The third-order valence-corrected chi connectivity index (χ3v) is 4.28. The van der Waals surface area contributed by atoms with Crippen LogP contribution in [0.5, 0.6) is 0 Å². The van der Waals surface area contributed by atoms with Gasteiger partial charge < -0.3 is 4.74 Å². The molecule has 0 aliphatic carbocycles. The number of ether oxygens (including phenoxy) is 1. The van der Waals surface area contributed by atoms with Crippen molar-refractivity contribution in [3.63, 3.8) is 0 Å². The molecule has 98 valence electrons. The first kappa shape index (κ1) is 16.4. The van der Waals surface area contributed by atoms with Gasteiger partial charge in [-0.3, -0.25) is 0 Å². The molecule has 0 unspecified atom stereocenters. The van der Waals surface area contributed by atoms with E-state index in [0.717, 1.165) is 24.5 Å². The summed E-state index contributed by atoms with van der Waals surface area (Å²) in [5.74, 6) is 0.746. The van der Waals surface area contributed by atoms with Crippen LogP contribution in [0.3, 0.4) is 0 Å². The van der Waals surface area contributed by atoms with Gasteiger partial charge in [0.2, 0.25) is 0 Å². The average Bonchev–Trinajstić information content (AvgIpc) is 2.24. The summed E-state index contributed by atoms with van der Waals surface area (Å²) in [5.41, 5.74) is 0.375. The molecule has 0 radical (unpaired) electrons. The smallest absolute Gasteiger partial charge is 0.0530 e. The zero-order valence-corrected chi connectivity index (χ0v) is 13.1. The summed E-state index contributed by atoms with van der Waals surface area (Å²) in [7, 11) is 0. The maximum Gasteiger partial charge on any atom is 0.0530 e. The van der Waals surface area contributed by atoms with Crippen LogP contribution in [0.4, 0.5) is 0 Å². The van der Waals surface area contributed by atoms with Gasteiger partial charge in [0.1, 0.15) is 0 Å². The van der Waals surface area contributed by atoms with E-state index in [1.165, 1.54) is 32.1 Å². The summed E-state index contributed by atoms with van der Waals surface area (Å²) in [4.78, 5) is 0. The molecule has 0 aliphatic heterocycles. The second kappa shape index (κ2) is 9.47. The minimum atomic E-state index is 0.375. The summed E-state index contributed by atoms with van der Waals surface area (Å²) < 4.78 is 5.88. The van der Waals surface area contributed by atoms with E-state index in [1.807, 2.05) is 0 Å². The van der Waals surface area contributed by atoms with Crippen LogP contribution in [0.1, 0.15) is 59.8 Å². The number of hydrogen-bond acceptors (Lipinski definition) is 1. The van der Waals surface area contributed by atoms with Crippen LogP contribution < -0.4 is 0 Å². The summed E-state index contributed by atoms with van der Waals surface area (Å²) in [5, 5.41) is 1.07. The molecular formula is C14H29BrO. The quantitative estimate of drug-likeness (QED) is 0.405. The van der Waals surface area contributed by atoms with Gasteiger partial charge in [-0.2, -0.15) is 0 Å². The first-order valence-electron chi connectivity index (χ1n) is 6.74. The van der Waals surface area contributed by atoms with Gasteiger partial charge in [0, 0.05) is 17.4 Å². The standard InChI is InChI=1S/C14H29BrO/c1-5-8-14(11-15,9-6-2)12-16-10-7-13(3)4/h13H,5-12H2,1-4H3. The van der Waals surface area contributed by atoms with Crippen molar-refractivity contribution < 1.29 is 4.74 Å². The van der Waals surface area contributed by atoms with Gasteiger partial charge in [-0.15, -0.1) is 0 Å². The predicted molar refractivity (Wildman–Crippen MR) is 76.3 cm³/mol. The van der Waals surface area contributed by atoms with E-state index in [-0.39, 0.29) is 0 Å². The van der Waals surface area contributed by atoms with E-state index in [1.54, 1.807) is 0 Å². The highest BCUT2D eigenvalue weighted by molar-refractivity contribution is 9.09. The van der Waals surface area contributed by atoms with Gasteiger partial charge in [0.15, 0.2) is 0 Å². The van der Waals surface area contributed by atoms with Crippen LogP contribution in [0, 0.1) is 11.3 Å². The second-order valence-corrected chi connectivity index (χ2v) is 5.93. The minimum Gasteiger partial charge on any atom is -0.381 e. The van der Waals surface area contributed by atoms with Crippen molar-refractivity contribution in [2.75, 3.05) is 18.5 Å². The molecule has 0 heterocycles. The Morgan fingerprint density at radius 1 is 1.12 bits per heavy atom. The lowest BCUT2D eigenvalue weighted by atomic mass is 9.82. The van der Waals surface area contributed by atoms with E-state index in [4.69, 9.17) is 4.74 Å². The molecule has 0 aromatic carbocycles. The normalized spacial score (nSPS) is 12.4. The number of alkyl halides is 1. The van der Waals surface area contributed by atoms with Crippen LogP contribution in [0.25, 0.3) is 0 Å². The maximum absolute atomic E-state index is 5.88. The van der Waals surface area contributed by atoms with Gasteiger partial charge >= 0.3 is 0 Å². The molecule has 0 atom stereocenters. The van der Waals surface area contributed by atoms with Crippen molar-refractivity contribution in [1.29, 1.82) is 0 Å². The number of halogens is 1. The molecular weight excluding hydrogens is 264 g/mol. The Labute approximate surface area is 110 Å². The molecule has 0 aromatic heterocycles. The average molecular weight is 293 g/mol. The first-order valence-corrected chi connectivity index (χ1v) is 7.86. The third kappa shape index (κ3) is 6.90. The molecule has 0 aromatic rings. The van der Waals surface area contributed by atoms with E-state index in [9.17, 15) is 0 Å². The van der Waals surface area contributed by atoms with Crippen molar-refractivity contribution in [2.45, 2.75) is 59.8 Å². The molecule has 0 N–H and O–H groups in total. The summed E-state index contributed by atoms with van der Waals surface area (Å²) >= 11 is 3.68. The molecule has 16 heavy (non-hydrogen) atoms. The SMILES string of the molecule is CCCC(CBr)(CCC)COCCC(C)C. The summed E-state index contributed by atoms with van der Waals surface area (Å²) in [6, 6.07) is 0. The van der Waals surface area contributed by atoms with Crippen LogP contribution >= 0.6 is 15.9 Å². The lowest BCUT2D eigenvalue weighted by Crippen LogP contribution is -2.29. The van der Waals surface area contributed by atoms with Crippen molar-refractivity contribution in [2.24, 2.45) is 11.3 Å². The Morgan fingerprint density at radius 2 is 1.69 bits per heavy atom. The highest BCUT2D eigenvalue weighted by atomic mass is 79.9. The van der Waals surface area contributed by atoms with E-state index in [2.05, 4.69) is 43.6 Å². The molecule has 0 saturated heterocycles. The molecule has 0 fully saturated rings. The zero-order valence-electron chi connectivity index (χ0n) is 11.5. The van der Waals surface area contributed by atoms with Gasteiger partial charge in [-0.25, -0.2) is 0 Å². The van der Waals surface area contributed by atoms with E-state index < -0.39 is 0 Å². The zero-order chi connectivity index (χ0) is 12.4. The molecule has 2 heteroatoms. The maximum atomic E-state index is 5.88. The van der Waals surface area contributed by atoms with Gasteiger partial charge in [0.05, 0.1) is 6.61 Å². The predicted octanol–water partition coefficient (Wildman–Crippen LogP) is 5.03. The molecule has 0 spiro atoms. The van der Waals surface area contributed by atoms with Crippen LogP contribution in [0.15, 0.2) is 0 Å². The van der Waals surface area contributed by atoms with Gasteiger partial charge in [-0.1, -0.05) is 56.5 Å². The van der Waals surface area contributed by atoms with E-state index in [0.29, 0.717) is 5.41 Å². The number of hydrogen-bond donors (Lipinski definition) is 0. The third-order valence-electron chi connectivity index (χ3n) is 3.09. The Kier molecular flexibility index (Phi) is 9.73. The van der Waals surface area contributed by atoms with Gasteiger partial charge in [0.25, 0.3) is 0 Å². The summed E-state index contributed by atoms with van der Waals surface area (Å²) in [6.07, 6.45) is 6.22. The fourth-order valence-corrected chi connectivity index (χ4v) is 2.83. The van der Waals surface area contributed by atoms with Crippen molar-refractivity contribution in [3.8, 4) is 0 Å². The molecule has 0 rings (SSSR count). The Bertz CT molecular complexity index is 151. The minimum absolute atomic E-state index is 0.375. The van der Waals surface area contributed by atoms with Crippen LogP contribution in [0.2, 0.25) is 0 Å². The number of rotatable bonds is 10. The lowest BCUT2D eigenvalue weighted by Gasteiger charge is -2.31. The lowest BCUT2D eigenvalue weighted by molar-refractivity contribution is 0.0403. The summed E-state index contributed by atoms with van der Waals surface area (Å²) in [6.45, 7) is 10.9. The largest absolute Gasteiger partial charge is 0.381 e. The molecule has 0 aliphatic rings. The molecule has 1 nitrogen and oxygen atoms in total. The Morgan fingerprint density at radius 3 is 2.06 bits per heavy atom. The second-order valence-electron chi connectivity index (χ2n) is 5.37. The highest BCUT2D eigenvalue weighted by Crippen LogP contribution is 2.32. The monoisotopic (exact) mass is 292 g/mol. The van der Waals surface area contributed by atoms with Crippen molar-refractivity contribution in [1.82, 2.24) is 0 Å². The molecule has 0 saturated carbocycles. The fraction of sp³-hybridized carbons (Fsp3) is 1.00.